The van der Waals surface area contributed by atoms with Gasteiger partial charge in [-0.3, -0.25) is 0 Å². The fraction of sp³-hybridized carbons (Fsp3) is 0.517. The van der Waals surface area contributed by atoms with Crippen molar-refractivity contribution in [3.8, 4) is 5.75 Å². The van der Waals surface area contributed by atoms with Gasteiger partial charge in [-0.05, 0) is 42.5 Å². The summed E-state index contributed by atoms with van der Waals surface area (Å²) in [4.78, 5) is 1.13. The molecule has 36 heavy (non-hydrogen) atoms. The third-order valence-electron chi connectivity index (χ3n) is 8.82. The minimum Gasteiger partial charge on any atom is -0.508 e. The minimum atomic E-state index is -1.24. The van der Waals surface area contributed by atoms with Crippen molar-refractivity contribution >= 4 is 11.8 Å². The molecule has 2 bridgehead atoms. The molecule has 4 fully saturated rings. The Morgan fingerprint density at radius 1 is 0.944 bits per heavy atom. The Morgan fingerprint density at radius 2 is 1.72 bits per heavy atom. The van der Waals surface area contributed by atoms with Gasteiger partial charge in [-0.2, -0.15) is 0 Å². The normalized spacial score (nSPS) is 28.1. The van der Waals surface area contributed by atoms with Gasteiger partial charge >= 0.3 is 0 Å². The average Bonchev–Trinajstić information content (AvgIpc) is 3.38. The molecule has 0 radical (unpaired) electrons. The molecule has 0 unspecified atom stereocenters. The van der Waals surface area contributed by atoms with Crippen LogP contribution >= 0.6 is 11.8 Å². The molecule has 4 aliphatic rings. The summed E-state index contributed by atoms with van der Waals surface area (Å²) in [5.74, 6) is 2.11. The van der Waals surface area contributed by atoms with E-state index in [0.717, 1.165) is 60.3 Å². The molecule has 7 rings (SSSR count). The largest absolute Gasteiger partial charge is 0.508 e. The monoisotopic (exact) mass is 506 g/mol. The van der Waals surface area contributed by atoms with Crippen LogP contribution in [0.5, 0.6) is 5.75 Å². The summed E-state index contributed by atoms with van der Waals surface area (Å²) in [6, 6.07) is 17.5. The van der Waals surface area contributed by atoms with Gasteiger partial charge in [0.2, 0.25) is 0 Å². The Balaban J connectivity index is 1.23. The van der Waals surface area contributed by atoms with Gasteiger partial charge in [0.15, 0.2) is 12.1 Å². The number of aromatic hydroxyl groups is 1. The number of fused-ring (bicyclic) bond motifs is 3. The lowest BCUT2D eigenvalue weighted by Crippen LogP contribution is -2.62. The second-order valence-electron chi connectivity index (χ2n) is 11.1. The first kappa shape index (κ1) is 24.0. The van der Waals surface area contributed by atoms with Gasteiger partial charge < -0.3 is 19.1 Å². The van der Waals surface area contributed by atoms with Crippen LogP contribution in [0.2, 0.25) is 0 Å². The molecule has 2 N–H and O–H groups in total. The number of benzene rings is 2. The Labute approximate surface area is 217 Å². The zero-order valence-corrected chi connectivity index (χ0v) is 21.6. The van der Waals surface area contributed by atoms with E-state index in [2.05, 4.69) is 16.3 Å². The Bertz CT molecular complexity index is 1170. The van der Waals surface area contributed by atoms with Gasteiger partial charge in [0.1, 0.15) is 5.75 Å². The van der Waals surface area contributed by atoms with Gasteiger partial charge in [0.05, 0.1) is 24.9 Å². The maximum absolute atomic E-state index is 12.1. The molecule has 190 valence electrons. The third kappa shape index (κ3) is 4.57. The number of rotatable bonds is 7. The van der Waals surface area contributed by atoms with Gasteiger partial charge in [-0.1, -0.05) is 55.7 Å². The number of quaternary nitrogens is 1. The number of phenolic OH excluding ortho intramolecular Hbond substituents is 1. The predicted molar refractivity (Wildman–Crippen MR) is 139 cm³/mol. The number of hydrogen-bond donors (Lipinski definition) is 2. The Morgan fingerprint density at radius 3 is 2.47 bits per heavy atom. The minimum absolute atomic E-state index is 0.0859. The molecule has 7 heteroatoms. The standard InChI is InChI=1S/C29H35N3O3S/c33-24-12-7-13-25(18-24)36-26-19-32(16-14-21(26)15-17-32)20-27-30-31-28(35-27)29(34,22-8-3-1-4-9-22)23-10-5-2-6-11-23/h1,3-4,7-9,12-13,18,21,23,26,34H,2,5-6,10-11,14-17,19-20H2/p+1/t21?,26-,29-,32?/m0/s1. The van der Waals surface area contributed by atoms with Gasteiger partial charge in [0.25, 0.3) is 11.8 Å². The highest BCUT2D eigenvalue weighted by molar-refractivity contribution is 8.00. The van der Waals surface area contributed by atoms with E-state index in [1.54, 1.807) is 6.07 Å². The van der Waals surface area contributed by atoms with Crippen LogP contribution in [-0.4, -0.2) is 49.8 Å². The molecular weight excluding hydrogens is 470 g/mol. The summed E-state index contributed by atoms with van der Waals surface area (Å²) in [6.45, 7) is 4.04. The van der Waals surface area contributed by atoms with Crippen LogP contribution in [0.15, 0.2) is 63.9 Å². The molecule has 2 atom stereocenters. The van der Waals surface area contributed by atoms with Crippen molar-refractivity contribution in [3.63, 3.8) is 0 Å². The van der Waals surface area contributed by atoms with Gasteiger partial charge in [0, 0.05) is 23.7 Å². The van der Waals surface area contributed by atoms with Crippen LogP contribution in [0.3, 0.4) is 0 Å². The molecule has 0 amide bonds. The summed E-state index contributed by atoms with van der Waals surface area (Å²) in [5, 5.41) is 31.5. The third-order valence-corrected chi connectivity index (χ3v) is 10.2. The second kappa shape index (κ2) is 9.84. The molecule has 1 saturated carbocycles. The molecular formula is C29H36N3O3S+. The summed E-state index contributed by atoms with van der Waals surface area (Å²) in [5.41, 5.74) is -0.393. The number of aromatic nitrogens is 2. The predicted octanol–water partition coefficient (Wildman–Crippen LogP) is 5.49. The quantitative estimate of drug-likeness (QED) is 0.413. The van der Waals surface area contributed by atoms with Crippen molar-refractivity contribution in [1.82, 2.24) is 10.2 Å². The van der Waals surface area contributed by atoms with Crippen molar-refractivity contribution < 1.29 is 19.1 Å². The first-order valence-corrected chi connectivity index (χ1v) is 14.3. The molecule has 0 spiro atoms. The van der Waals surface area contributed by atoms with Crippen LogP contribution in [0.1, 0.15) is 62.3 Å². The molecule has 1 aliphatic carbocycles. The fourth-order valence-corrected chi connectivity index (χ4v) is 8.36. The highest BCUT2D eigenvalue weighted by atomic mass is 32.2. The summed E-state index contributed by atoms with van der Waals surface area (Å²) in [7, 11) is 0. The Hall–Kier alpha value is -2.35. The summed E-state index contributed by atoms with van der Waals surface area (Å²) < 4.78 is 7.31. The highest BCUT2D eigenvalue weighted by Gasteiger charge is 2.48. The van der Waals surface area contributed by atoms with Crippen LogP contribution in [0, 0.1) is 11.8 Å². The first-order valence-electron chi connectivity index (χ1n) is 13.5. The van der Waals surface area contributed by atoms with Crippen LogP contribution in [-0.2, 0) is 12.1 Å². The lowest BCUT2D eigenvalue weighted by Gasteiger charge is -2.51. The number of nitrogens with zero attached hydrogens (tertiary/aromatic N) is 3. The smallest absolute Gasteiger partial charge is 0.271 e. The van der Waals surface area contributed by atoms with Crippen LogP contribution in [0.25, 0.3) is 0 Å². The van der Waals surface area contributed by atoms with E-state index in [-0.39, 0.29) is 5.92 Å². The first-order chi connectivity index (χ1) is 17.5. The zero-order valence-electron chi connectivity index (χ0n) is 20.8. The van der Waals surface area contributed by atoms with Crippen LogP contribution in [0.4, 0.5) is 0 Å². The number of piperidine rings is 3. The number of phenols is 1. The zero-order chi connectivity index (χ0) is 24.6. The number of aliphatic hydroxyl groups is 1. The summed E-state index contributed by atoms with van der Waals surface area (Å²) in [6.07, 6.45) is 7.82. The average molecular weight is 507 g/mol. The maximum Gasteiger partial charge on any atom is 0.271 e. The van der Waals surface area contributed by atoms with E-state index in [0.29, 0.717) is 35.2 Å². The number of thioether (sulfide) groups is 1. The molecule has 2 aromatic carbocycles. The topological polar surface area (TPSA) is 79.4 Å². The molecule has 3 aliphatic heterocycles. The molecule has 3 saturated heterocycles. The maximum atomic E-state index is 12.1. The van der Waals surface area contributed by atoms with Crippen molar-refractivity contribution in [1.29, 1.82) is 0 Å². The molecule has 6 nitrogen and oxygen atoms in total. The summed E-state index contributed by atoms with van der Waals surface area (Å²) >= 11 is 1.89. The van der Waals surface area contributed by atoms with E-state index < -0.39 is 5.60 Å². The van der Waals surface area contributed by atoms with E-state index in [1.165, 1.54) is 19.3 Å². The van der Waals surface area contributed by atoms with Crippen molar-refractivity contribution in [2.24, 2.45) is 11.8 Å². The van der Waals surface area contributed by atoms with Crippen LogP contribution < -0.4 is 0 Å². The van der Waals surface area contributed by atoms with E-state index in [9.17, 15) is 10.2 Å². The van der Waals surface area contributed by atoms with E-state index in [1.807, 2.05) is 54.2 Å². The van der Waals surface area contributed by atoms with Crippen molar-refractivity contribution in [2.45, 2.75) is 67.2 Å². The fourth-order valence-electron chi connectivity index (χ4n) is 6.81. The lowest BCUT2D eigenvalue weighted by molar-refractivity contribution is -0.955. The van der Waals surface area contributed by atoms with Crippen molar-refractivity contribution in [3.05, 3.63) is 71.9 Å². The van der Waals surface area contributed by atoms with Crippen molar-refractivity contribution in [2.75, 3.05) is 19.6 Å². The molecule has 3 aromatic rings. The second-order valence-corrected chi connectivity index (χ2v) is 12.4. The molecule has 1 aromatic heterocycles. The van der Waals surface area contributed by atoms with Gasteiger partial charge in [-0.15, -0.1) is 22.0 Å². The van der Waals surface area contributed by atoms with E-state index >= 15 is 0 Å². The highest BCUT2D eigenvalue weighted by Crippen LogP contribution is 2.45. The van der Waals surface area contributed by atoms with Gasteiger partial charge in [-0.25, -0.2) is 0 Å². The Kier molecular flexibility index (Phi) is 6.56. The van der Waals surface area contributed by atoms with E-state index in [4.69, 9.17) is 4.42 Å². The lowest BCUT2D eigenvalue weighted by atomic mass is 9.73. The molecule has 4 heterocycles. The number of hydrogen-bond acceptors (Lipinski definition) is 6. The SMILES string of the molecule is Oc1cccc(S[C@H]2C[N+]3(Cc4nnc([C@](O)(c5ccccc5)C5CCCCC5)o4)CCC2CC3)c1.